The number of ether oxygens (including phenoxy) is 1. The Morgan fingerprint density at radius 3 is 2.47 bits per heavy atom. The SMILES string of the molecule is O=C(O)c1ccc(Oc2cccc(C=C3CCN(C(=O)NCC4(c5ccccc5)CC4)CC3)c2)nc1. The highest BCUT2D eigenvalue weighted by atomic mass is 16.5. The highest BCUT2D eigenvalue weighted by molar-refractivity contribution is 5.87. The van der Waals surface area contributed by atoms with Crippen LogP contribution in [-0.4, -0.2) is 46.6 Å². The monoisotopic (exact) mass is 483 g/mol. The molecule has 36 heavy (non-hydrogen) atoms. The van der Waals surface area contributed by atoms with Gasteiger partial charge in [0.2, 0.25) is 5.88 Å². The zero-order chi connectivity index (χ0) is 25.0. The third kappa shape index (κ3) is 5.57. The van der Waals surface area contributed by atoms with Gasteiger partial charge in [0.15, 0.2) is 0 Å². The summed E-state index contributed by atoms with van der Waals surface area (Å²) in [5.74, 6) is -0.0567. The third-order valence-corrected chi connectivity index (χ3v) is 6.95. The summed E-state index contributed by atoms with van der Waals surface area (Å²) in [5.41, 5.74) is 3.85. The number of nitrogens with one attached hydrogen (secondary N) is 1. The number of urea groups is 1. The molecular weight excluding hydrogens is 454 g/mol. The Hall–Kier alpha value is -4.13. The molecule has 1 aromatic heterocycles. The number of carboxylic acids is 1. The predicted octanol–water partition coefficient (Wildman–Crippen LogP) is 5.49. The molecular formula is C29H29N3O4. The second-order valence-corrected chi connectivity index (χ2v) is 9.46. The van der Waals surface area contributed by atoms with Crippen molar-refractivity contribution in [2.45, 2.75) is 31.1 Å². The summed E-state index contributed by atoms with van der Waals surface area (Å²) in [6, 6.07) is 21.2. The highest BCUT2D eigenvalue weighted by Gasteiger charge is 2.44. The van der Waals surface area contributed by atoms with Crippen molar-refractivity contribution in [3.05, 3.63) is 95.2 Å². The molecule has 184 valence electrons. The van der Waals surface area contributed by atoms with E-state index in [1.807, 2.05) is 35.2 Å². The maximum atomic E-state index is 12.8. The largest absolute Gasteiger partial charge is 0.478 e. The first-order valence-electron chi connectivity index (χ1n) is 12.3. The van der Waals surface area contributed by atoms with Gasteiger partial charge in [-0.05, 0) is 55.0 Å². The Morgan fingerprint density at radius 2 is 1.81 bits per heavy atom. The number of rotatable bonds is 7. The molecule has 0 radical (unpaired) electrons. The number of likely N-dealkylation sites (tertiary alicyclic amines) is 1. The van der Waals surface area contributed by atoms with E-state index in [4.69, 9.17) is 9.84 Å². The Balaban J connectivity index is 1.13. The molecule has 2 aliphatic rings. The van der Waals surface area contributed by atoms with E-state index in [-0.39, 0.29) is 17.0 Å². The minimum atomic E-state index is -1.02. The fraction of sp³-hybridized carbons (Fsp3) is 0.276. The van der Waals surface area contributed by atoms with E-state index in [9.17, 15) is 9.59 Å². The molecule has 0 unspecified atom stereocenters. The first-order chi connectivity index (χ1) is 17.5. The molecule has 7 nitrogen and oxygen atoms in total. The molecule has 2 aromatic carbocycles. The van der Waals surface area contributed by atoms with E-state index in [1.165, 1.54) is 23.4 Å². The van der Waals surface area contributed by atoms with Gasteiger partial charge in [-0.2, -0.15) is 0 Å². The van der Waals surface area contributed by atoms with Crippen LogP contribution in [0, 0.1) is 0 Å². The van der Waals surface area contributed by atoms with Gasteiger partial charge >= 0.3 is 12.0 Å². The Morgan fingerprint density at radius 1 is 1.03 bits per heavy atom. The van der Waals surface area contributed by atoms with Gasteiger partial charge in [-0.25, -0.2) is 14.6 Å². The standard InChI is InChI=1S/C29H29N3O4/c33-27(34)23-9-10-26(30-19-23)36-25-8-4-5-22(18-25)17-21-11-15-32(16-12-21)28(35)31-20-29(13-14-29)24-6-2-1-3-7-24/h1-10,17-19H,11-16,20H2,(H,31,35)(H,33,34). The summed E-state index contributed by atoms with van der Waals surface area (Å²) in [6.07, 6.45) is 7.34. The van der Waals surface area contributed by atoms with Crippen LogP contribution in [0.15, 0.2) is 78.5 Å². The number of carbonyl (C=O) groups is 2. The summed E-state index contributed by atoms with van der Waals surface area (Å²) in [6.45, 7) is 2.09. The van der Waals surface area contributed by atoms with Crippen LogP contribution in [0.4, 0.5) is 4.79 Å². The van der Waals surface area contributed by atoms with E-state index in [0.29, 0.717) is 31.3 Å². The normalized spacial score (nSPS) is 16.2. The van der Waals surface area contributed by atoms with Gasteiger partial charge in [-0.15, -0.1) is 0 Å². The number of nitrogens with zero attached hydrogens (tertiary/aromatic N) is 2. The molecule has 1 saturated carbocycles. The lowest BCUT2D eigenvalue weighted by atomic mass is 9.96. The molecule has 1 aliphatic heterocycles. The van der Waals surface area contributed by atoms with Crippen LogP contribution in [0.2, 0.25) is 0 Å². The van der Waals surface area contributed by atoms with Crippen LogP contribution in [0.5, 0.6) is 11.6 Å². The lowest BCUT2D eigenvalue weighted by molar-refractivity contribution is 0.0696. The second-order valence-electron chi connectivity index (χ2n) is 9.46. The molecule has 2 fully saturated rings. The highest BCUT2D eigenvalue weighted by Crippen LogP contribution is 2.47. The zero-order valence-electron chi connectivity index (χ0n) is 20.0. The summed E-state index contributed by atoms with van der Waals surface area (Å²) in [7, 11) is 0. The molecule has 0 bridgehead atoms. The summed E-state index contributed by atoms with van der Waals surface area (Å²) < 4.78 is 5.79. The van der Waals surface area contributed by atoms with Crippen LogP contribution in [0.3, 0.4) is 0 Å². The minimum absolute atomic E-state index is 0.0214. The lowest BCUT2D eigenvalue weighted by Crippen LogP contribution is -2.45. The van der Waals surface area contributed by atoms with E-state index in [0.717, 1.165) is 31.2 Å². The number of hydrogen-bond donors (Lipinski definition) is 2. The van der Waals surface area contributed by atoms with Gasteiger partial charge in [0.05, 0.1) is 5.56 Å². The van der Waals surface area contributed by atoms with Gasteiger partial charge < -0.3 is 20.1 Å². The van der Waals surface area contributed by atoms with Crippen LogP contribution in [0.25, 0.3) is 6.08 Å². The molecule has 2 N–H and O–H groups in total. The number of aromatic carboxylic acids is 1. The third-order valence-electron chi connectivity index (χ3n) is 6.95. The first-order valence-corrected chi connectivity index (χ1v) is 12.3. The van der Waals surface area contributed by atoms with Crippen LogP contribution in [0.1, 0.15) is 47.2 Å². The number of carbonyl (C=O) groups excluding carboxylic acids is 1. The second kappa shape index (κ2) is 10.2. The average molecular weight is 484 g/mol. The van der Waals surface area contributed by atoms with Gasteiger partial charge in [0.25, 0.3) is 0 Å². The number of aromatic nitrogens is 1. The molecule has 0 atom stereocenters. The van der Waals surface area contributed by atoms with E-state index in [1.54, 1.807) is 6.07 Å². The molecule has 3 aromatic rings. The maximum absolute atomic E-state index is 12.8. The average Bonchev–Trinajstić information content (AvgIpc) is 3.70. The fourth-order valence-corrected chi connectivity index (χ4v) is 4.60. The van der Waals surface area contributed by atoms with Crippen LogP contribution in [-0.2, 0) is 5.41 Å². The van der Waals surface area contributed by atoms with Crippen molar-refractivity contribution in [3.8, 4) is 11.6 Å². The summed E-state index contributed by atoms with van der Waals surface area (Å²) in [4.78, 5) is 29.7. The topological polar surface area (TPSA) is 91.8 Å². The number of piperidine rings is 1. The van der Waals surface area contributed by atoms with Crippen molar-refractivity contribution in [1.29, 1.82) is 0 Å². The summed E-state index contributed by atoms with van der Waals surface area (Å²) >= 11 is 0. The van der Waals surface area contributed by atoms with Gasteiger partial charge in [0.1, 0.15) is 5.75 Å². The van der Waals surface area contributed by atoms with Gasteiger partial charge in [-0.3, -0.25) is 0 Å². The molecule has 1 saturated heterocycles. The van der Waals surface area contributed by atoms with Crippen LogP contribution >= 0.6 is 0 Å². The smallest absolute Gasteiger partial charge is 0.337 e. The number of amides is 2. The van der Waals surface area contributed by atoms with E-state index in [2.05, 4.69) is 40.6 Å². The molecule has 5 rings (SSSR count). The number of hydrogen-bond acceptors (Lipinski definition) is 4. The van der Waals surface area contributed by atoms with Crippen molar-refractivity contribution < 1.29 is 19.4 Å². The lowest BCUT2D eigenvalue weighted by Gasteiger charge is -2.29. The number of benzene rings is 2. The predicted molar refractivity (Wildman–Crippen MR) is 137 cm³/mol. The summed E-state index contributed by atoms with van der Waals surface area (Å²) in [5, 5.41) is 12.2. The molecule has 0 spiro atoms. The Kier molecular flexibility index (Phi) is 6.71. The molecule has 2 amide bonds. The minimum Gasteiger partial charge on any atom is -0.478 e. The first kappa shape index (κ1) is 23.6. The fourth-order valence-electron chi connectivity index (χ4n) is 4.60. The Labute approximate surface area is 210 Å². The quantitative estimate of drug-likeness (QED) is 0.463. The van der Waals surface area contributed by atoms with Crippen molar-refractivity contribution in [1.82, 2.24) is 15.2 Å². The van der Waals surface area contributed by atoms with E-state index >= 15 is 0 Å². The van der Waals surface area contributed by atoms with E-state index < -0.39 is 5.97 Å². The van der Waals surface area contributed by atoms with Crippen molar-refractivity contribution >= 4 is 18.1 Å². The molecule has 7 heteroatoms. The zero-order valence-corrected chi connectivity index (χ0v) is 20.0. The Bertz CT molecular complexity index is 1260. The van der Waals surface area contributed by atoms with Crippen molar-refractivity contribution in [3.63, 3.8) is 0 Å². The van der Waals surface area contributed by atoms with Crippen molar-refractivity contribution in [2.24, 2.45) is 0 Å². The number of carboxylic acid groups (broad SMARTS) is 1. The van der Waals surface area contributed by atoms with Crippen molar-refractivity contribution in [2.75, 3.05) is 19.6 Å². The van der Waals surface area contributed by atoms with Gasteiger partial charge in [0, 0.05) is 37.3 Å². The number of pyridine rings is 1. The molecule has 1 aliphatic carbocycles. The van der Waals surface area contributed by atoms with Gasteiger partial charge in [-0.1, -0.05) is 54.1 Å². The maximum Gasteiger partial charge on any atom is 0.337 e. The van der Waals surface area contributed by atoms with Crippen LogP contribution < -0.4 is 10.1 Å². The molecule has 2 heterocycles.